The van der Waals surface area contributed by atoms with E-state index in [9.17, 15) is 0 Å². The third kappa shape index (κ3) is 4.11. The number of rotatable bonds is 6. The summed E-state index contributed by atoms with van der Waals surface area (Å²) in [7, 11) is -3.09. The van der Waals surface area contributed by atoms with Gasteiger partial charge in [0.2, 0.25) is 0 Å². The maximum absolute atomic E-state index is 15.5. The summed E-state index contributed by atoms with van der Waals surface area (Å²) in [6.45, 7) is 4.53. The highest BCUT2D eigenvalue weighted by Gasteiger charge is 2.37. The zero-order chi connectivity index (χ0) is 23.7. The van der Waals surface area contributed by atoms with E-state index >= 15 is 4.57 Å². The molecule has 0 unspecified atom stereocenters. The molecule has 0 radical (unpaired) electrons. The molecule has 2 aliphatic heterocycles. The van der Waals surface area contributed by atoms with Crippen LogP contribution in [0.1, 0.15) is 25.7 Å². The molecule has 2 aliphatic rings. The van der Waals surface area contributed by atoms with Gasteiger partial charge in [0.15, 0.2) is 7.14 Å². The number of hydrogen-bond acceptors (Lipinski definition) is 3. The molecule has 6 rings (SSSR count). The first kappa shape index (κ1) is 22.6. The van der Waals surface area contributed by atoms with Gasteiger partial charge in [0.25, 0.3) is 0 Å². The molecule has 2 heterocycles. The first-order chi connectivity index (χ1) is 17.2. The molecule has 35 heavy (non-hydrogen) atoms. The molecular weight excluding hydrogens is 447 g/mol. The van der Waals surface area contributed by atoms with E-state index in [1.165, 1.54) is 55.2 Å². The topological polar surface area (TPSA) is 23.6 Å². The van der Waals surface area contributed by atoms with E-state index in [1.54, 1.807) is 0 Å². The summed E-state index contributed by atoms with van der Waals surface area (Å²) in [5.41, 5.74) is 1.18. The summed E-state index contributed by atoms with van der Waals surface area (Å²) >= 11 is 0. The Morgan fingerprint density at radius 3 is 2.00 bits per heavy atom. The minimum Gasteiger partial charge on any atom is -0.366 e. The zero-order valence-corrected chi connectivity index (χ0v) is 21.1. The van der Waals surface area contributed by atoms with Gasteiger partial charge in [0.05, 0.1) is 5.69 Å². The number of benzene rings is 4. The Morgan fingerprint density at radius 2 is 1.31 bits per heavy atom. The van der Waals surface area contributed by atoms with Crippen LogP contribution < -0.4 is 20.8 Å². The van der Waals surface area contributed by atoms with Gasteiger partial charge in [0, 0.05) is 40.4 Å². The SMILES string of the molecule is O=P(c1ccccc1)(c1ccccc1)c1ccc2ccccc2c1N1CCC[C@H]1CN1CCCC1. The van der Waals surface area contributed by atoms with E-state index in [-0.39, 0.29) is 0 Å². The monoisotopic (exact) mass is 480 g/mol. The Kier molecular flexibility index (Phi) is 6.22. The maximum Gasteiger partial charge on any atom is 0.173 e. The number of hydrogen-bond donors (Lipinski definition) is 0. The Labute approximate surface area is 208 Å². The molecule has 2 saturated heterocycles. The van der Waals surface area contributed by atoms with Crippen LogP contribution >= 0.6 is 7.14 Å². The van der Waals surface area contributed by atoms with Gasteiger partial charge in [0.1, 0.15) is 0 Å². The van der Waals surface area contributed by atoms with Crippen molar-refractivity contribution >= 4 is 39.5 Å². The van der Waals surface area contributed by atoms with Gasteiger partial charge >= 0.3 is 0 Å². The summed E-state index contributed by atoms with van der Waals surface area (Å²) in [5.74, 6) is 0. The molecule has 3 nitrogen and oxygen atoms in total. The summed E-state index contributed by atoms with van der Waals surface area (Å²) in [4.78, 5) is 5.23. The predicted molar refractivity (Wildman–Crippen MR) is 149 cm³/mol. The van der Waals surface area contributed by atoms with Crippen LogP contribution in [0.5, 0.6) is 0 Å². The summed E-state index contributed by atoms with van der Waals surface area (Å²) in [6.07, 6.45) is 5.00. The fraction of sp³-hybridized carbons (Fsp3) is 0.290. The van der Waals surface area contributed by atoms with E-state index in [0.717, 1.165) is 29.0 Å². The first-order valence-corrected chi connectivity index (χ1v) is 14.7. The van der Waals surface area contributed by atoms with Crippen LogP contribution in [0.15, 0.2) is 97.1 Å². The van der Waals surface area contributed by atoms with Gasteiger partial charge in [-0.25, -0.2) is 0 Å². The van der Waals surface area contributed by atoms with Gasteiger partial charge in [-0.15, -0.1) is 0 Å². The predicted octanol–water partition coefficient (Wildman–Crippen LogP) is 5.54. The molecule has 4 aromatic rings. The van der Waals surface area contributed by atoms with Gasteiger partial charge in [-0.2, -0.15) is 0 Å². The smallest absolute Gasteiger partial charge is 0.173 e. The molecule has 0 N–H and O–H groups in total. The molecule has 1 atom stereocenters. The van der Waals surface area contributed by atoms with Crippen molar-refractivity contribution in [2.45, 2.75) is 31.7 Å². The van der Waals surface area contributed by atoms with Crippen molar-refractivity contribution in [3.05, 3.63) is 97.1 Å². The summed E-state index contributed by atoms with van der Waals surface area (Å²) in [5, 5.41) is 5.20. The summed E-state index contributed by atoms with van der Waals surface area (Å²) in [6, 6.07) is 33.6. The van der Waals surface area contributed by atoms with E-state index < -0.39 is 7.14 Å². The van der Waals surface area contributed by atoms with Crippen LogP contribution in [0, 0.1) is 0 Å². The lowest BCUT2D eigenvalue weighted by Crippen LogP contribution is -2.42. The third-order valence-corrected chi connectivity index (χ3v) is 10.9. The van der Waals surface area contributed by atoms with E-state index in [4.69, 9.17) is 0 Å². The van der Waals surface area contributed by atoms with Gasteiger partial charge in [-0.05, 0) is 50.2 Å². The second kappa shape index (κ2) is 9.64. The number of fused-ring (bicyclic) bond motifs is 1. The van der Waals surface area contributed by atoms with Crippen LogP contribution in [0.3, 0.4) is 0 Å². The molecule has 2 fully saturated rings. The minimum atomic E-state index is -3.09. The second-order valence-electron chi connectivity index (χ2n) is 9.93. The standard InChI is InChI=1S/C31H33N2OP/c34-35(27-14-3-1-4-15-27,28-16-5-2-6-17-28)30-20-19-25-12-7-8-18-29(25)31(30)33-23-11-13-26(33)24-32-21-9-10-22-32/h1-8,12,14-20,26H,9-11,13,21-24H2/t26-/m0/s1. The molecule has 0 amide bonds. The Morgan fingerprint density at radius 1 is 0.686 bits per heavy atom. The fourth-order valence-electron chi connectivity index (χ4n) is 6.09. The molecular formula is C31H33N2OP. The van der Waals surface area contributed by atoms with E-state index in [0.29, 0.717) is 6.04 Å². The highest BCUT2D eigenvalue weighted by Crippen LogP contribution is 2.48. The molecule has 0 saturated carbocycles. The molecule has 0 bridgehead atoms. The maximum atomic E-state index is 15.5. The van der Waals surface area contributed by atoms with Crippen LogP contribution in [-0.2, 0) is 4.57 Å². The Balaban J connectivity index is 1.58. The average molecular weight is 481 g/mol. The van der Waals surface area contributed by atoms with Crippen molar-refractivity contribution in [3.63, 3.8) is 0 Å². The highest BCUT2D eigenvalue weighted by molar-refractivity contribution is 7.85. The highest BCUT2D eigenvalue weighted by atomic mass is 31.2. The lowest BCUT2D eigenvalue weighted by Gasteiger charge is -2.34. The molecule has 4 aromatic carbocycles. The summed E-state index contributed by atoms with van der Waals surface area (Å²) < 4.78 is 15.5. The largest absolute Gasteiger partial charge is 0.366 e. The Bertz CT molecular complexity index is 1310. The second-order valence-corrected chi connectivity index (χ2v) is 12.7. The quantitative estimate of drug-likeness (QED) is 0.339. The number of likely N-dealkylation sites (tertiary alicyclic amines) is 1. The minimum absolute atomic E-state index is 0.456. The fourth-order valence-corrected chi connectivity index (χ4v) is 8.96. The van der Waals surface area contributed by atoms with Gasteiger partial charge < -0.3 is 14.4 Å². The van der Waals surface area contributed by atoms with Gasteiger partial charge in [-0.3, -0.25) is 0 Å². The normalized spacial score (nSPS) is 19.0. The molecule has 4 heteroatoms. The first-order valence-electron chi connectivity index (χ1n) is 13.0. The molecule has 0 spiro atoms. The third-order valence-electron chi connectivity index (χ3n) is 7.79. The van der Waals surface area contributed by atoms with Crippen LogP contribution in [0.25, 0.3) is 10.8 Å². The van der Waals surface area contributed by atoms with Crippen molar-refractivity contribution in [2.75, 3.05) is 31.1 Å². The van der Waals surface area contributed by atoms with Crippen molar-refractivity contribution in [1.29, 1.82) is 0 Å². The lowest BCUT2D eigenvalue weighted by molar-refractivity contribution is 0.314. The lowest BCUT2D eigenvalue weighted by atomic mass is 10.1. The van der Waals surface area contributed by atoms with E-state index in [1.807, 2.05) is 60.7 Å². The molecule has 0 aromatic heterocycles. The number of anilines is 1. The van der Waals surface area contributed by atoms with Crippen LogP contribution in [0.2, 0.25) is 0 Å². The van der Waals surface area contributed by atoms with Crippen molar-refractivity contribution in [1.82, 2.24) is 4.90 Å². The number of nitrogens with zero attached hydrogens (tertiary/aromatic N) is 2. The van der Waals surface area contributed by atoms with Crippen molar-refractivity contribution < 1.29 is 4.57 Å². The van der Waals surface area contributed by atoms with Crippen LogP contribution in [0.4, 0.5) is 5.69 Å². The zero-order valence-electron chi connectivity index (χ0n) is 20.2. The molecule has 178 valence electrons. The Hall–Kier alpha value is -2.87. The van der Waals surface area contributed by atoms with Gasteiger partial charge in [-0.1, -0.05) is 91.0 Å². The van der Waals surface area contributed by atoms with Crippen LogP contribution in [-0.4, -0.2) is 37.1 Å². The molecule has 0 aliphatic carbocycles. The van der Waals surface area contributed by atoms with Crippen molar-refractivity contribution in [2.24, 2.45) is 0 Å². The van der Waals surface area contributed by atoms with E-state index in [2.05, 4.69) is 46.2 Å². The average Bonchev–Trinajstić information content (AvgIpc) is 3.61. The van der Waals surface area contributed by atoms with Crippen molar-refractivity contribution in [3.8, 4) is 0 Å².